The van der Waals surface area contributed by atoms with Crippen LogP contribution in [0, 0.1) is 6.92 Å². The third-order valence-corrected chi connectivity index (χ3v) is 7.19. The van der Waals surface area contributed by atoms with E-state index in [0.717, 1.165) is 64.2 Å². The summed E-state index contributed by atoms with van der Waals surface area (Å²) in [5.74, 6) is 1.27. The Morgan fingerprint density at radius 3 is 2.84 bits per heavy atom. The van der Waals surface area contributed by atoms with Gasteiger partial charge in [0.1, 0.15) is 6.10 Å². The molecule has 0 saturated heterocycles. The number of ether oxygens (including phenoxy) is 2. The first-order valence-electron chi connectivity index (χ1n) is 13.3. The van der Waals surface area contributed by atoms with Crippen LogP contribution in [0.5, 0.6) is 11.8 Å². The molecule has 11 heteroatoms. The van der Waals surface area contributed by atoms with E-state index in [-0.39, 0.29) is 12.7 Å². The molecule has 0 spiro atoms. The molecule has 0 aromatic carbocycles. The Morgan fingerprint density at radius 1 is 1.24 bits per heavy atom. The Morgan fingerprint density at radius 2 is 2.08 bits per heavy atom. The number of rotatable bonds is 5. The van der Waals surface area contributed by atoms with E-state index < -0.39 is 0 Å². The standard InChI is InChI=1S/C27H34N8O3/c1-5-37-26-19-8-9-21-20-12-22(28-13-23(20)30-29-21)25-17(3)31-33(4)27(25)38-16(2)14-34(18-6-7-18)15-24(19)35(32-26)10-11-36/h8-9,12-13,16,18,36H,5-7,10-11,14-15H2,1-4H3,(H,29,30)/b9-8+/t16-/m1/s1. The number of H-pyrrole nitrogens is 1. The quantitative estimate of drug-likeness (QED) is 0.414. The first kappa shape index (κ1) is 24.6. The van der Waals surface area contributed by atoms with E-state index in [4.69, 9.17) is 19.6 Å². The van der Waals surface area contributed by atoms with Crippen molar-refractivity contribution in [1.82, 2.24) is 39.6 Å². The third kappa shape index (κ3) is 4.45. The molecule has 0 amide bonds. The lowest BCUT2D eigenvalue weighted by molar-refractivity contribution is 0.125. The summed E-state index contributed by atoms with van der Waals surface area (Å²) in [4.78, 5) is 7.18. The summed E-state index contributed by atoms with van der Waals surface area (Å²) in [5, 5.41) is 27.8. The Bertz CT molecular complexity index is 1500. The molecule has 0 radical (unpaired) electrons. The van der Waals surface area contributed by atoms with Crippen LogP contribution in [-0.4, -0.2) is 76.7 Å². The third-order valence-electron chi connectivity index (χ3n) is 7.19. The number of pyridine rings is 1. The van der Waals surface area contributed by atoms with Gasteiger partial charge in [0.25, 0.3) is 0 Å². The van der Waals surface area contributed by atoms with Crippen LogP contribution in [0.3, 0.4) is 0 Å². The fourth-order valence-corrected chi connectivity index (χ4v) is 5.31. The summed E-state index contributed by atoms with van der Waals surface area (Å²) in [7, 11) is 1.91. The van der Waals surface area contributed by atoms with E-state index in [0.29, 0.717) is 37.5 Å². The lowest BCUT2D eigenvalue weighted by Gasteiger charge is -2.27. The van der Waals surface area contributed by atoms with Crippen LogP contribution in [0.25, 0.3) is 34.3 Å². The first-order valence-corrected chi connectivity index (χ1v) is 13.3. The number of aromatic nitrogens is 7. The molecule has 200 valence electrons. The van der Waals surface area contributed by atoms with Crippen molar-refractivity contribution in [1.29, 1.82) is 0 Å². The van der Waals surface area contributed by atoms with Crippen molar-refractivity contribution in [3.05, 3.63) is 34.9 Å². The Hall–Kier alpha value is -3.70. The van der Waals surface area contributed by atoms with Crippen LogP contribution in [0.1, 0.15) is 49.3 Å². The van der Waals surface area contributed by atoms with E-state index in [1.165, 1.54) is 0 Å². The molecule has 4 aromatic heterocycles. The van der Waals surface area contributed by atoms with Crippen LogP contribution in [0.4, 0.5) is 0 Å². The number of aromatic amines is 1. The van der Waals surface area contributed by atoms with Gasteiger partial charge >= 0.3 is 0 Å². The van der Waals surface area contributed by atoms with E-state index in [9.17, 15) is 5.11 Å². The van der Waals surface area contributed by atoms with Gasteiger partial charge < -0.3 is 14.6 Å². The van der Waals surface area contributed by atoms with Gasteiger partial charge in [-0.25, -0.2) is 4.68 Å². The second-order valence-electron chi connectivity index (χ2n) is 10.1. The number of hydrogen-bond donors (Lipinski definition) is 2. The number of nitrogens with zero attached hydrogens (tertiary/aromatic N) is 7. The number of aryl methyl sites for hydroxylation is 2. The lowest BCUT2D eigenvalue weighted by Crippen LogP contribution is -2.36. The molecule has 4 aromatic rings. The number of nitrogens with one attached hydrogen (secondary N) is 1. The topological polar surface area (TPSA) is 119 Å². The molecule has 1 saturated carbocycles. The van der Waals surface area contributed by atoms with Crippen molar-refractivity contribution in [2.24, 2.45) is 7.05 Å². The molecule has 6 rings (SSSR count). The largest absolute Gasteiger partial charge is 0.476 e. The minimum Gasteiger partial charge on any atom is -0.476 e. The second kappa shape index (κ2) is 9.88. The zero-order valence-corrected chi connectivity index (χ0v) is 22.3. The average Bonchev–Trinajstić information content (AvgIpc) is 3.51. The monoisotopic (exact) mass is 518 g/mol. The smallest absolute Gasteiger partial charge is 0.240 e. The van der Waals surface area contributed by atoms with Crippen molar-refractivity contribution in [2.75, 3.05) is 19.8 Å². The van der Waals surface area contributed by atoms with Crippen molar-refractivity contribution >= 4 is 23.1 Å². The second-order valence-corrected chi connectivity index (χ2v) is 10.1. The number of hydrogen-bond acceptors (Lipinski definition) is 8. The van der Waals surface area contributed by atoms with Crippen LogP contribution in [0.15, 0.2) is 12.3 Å². The minimum atomic E-state index is -0.0953. The SMILES string of the molecule is CCOc1nn(CCO)c2c1/C=C/c1n[nH]c3cnc(cc13)-c1c(C)nn(C)c1O[C@H](C)CN(C1CC1)C2. The highest BCUT2D eigenvalue weighted by Crippen LogP contribution is 2.36. The number of fused-ring (bicyclic) bond motifs is 4. The van der Waals surface area contributed by atoms with Crippen molar-refractivity contribution < 1.29 is 14.6 Å². The van der Waals surface area contributed by atoms with Gasteiger partial charge in [-0.05, 0) is 51.8 Å². The molecular weight excluding hydrogens is 484 g/mol. The Kier molecular flexibility index (Phi) is 6.40. The average molecular weight is 519 g/mol. The van der Waals surface area contributed by atoms with Crippen LogP contribution in [-0.2, 0) is 20.1 Å². The molecule has 1 aliphatic carbocycles. The fraction of sp³-hybridized carbons (Fsp3) is 0.481. The molecule has 11 nitrogen and oxygen atoms in total. The molecule has 2 bridgehead atoms. The maximum atomic E-state index is 9.79. The van der Waals surface area contributed by atoms with E-state index in [1.807, 2.05) is 43.8 Å². The summed E-state index contributed by atoms with van der Waals surface area (Å²) in [5.41, 5.74) is 6.10. The molecule has 0 unspecified atom stereocenters. The van der Waals surface area contributed by atoms with Gasteiger partial charge in [-0.1, -0.05) is 0 Å². The van der Waals surface area contributed by atoms with E-state index in [1.54, 1.807) is 10.9 Å². The van der Waals surface area contributed by atoms with E-state index in [2.05, 4.69) is 27.1 Å². The molecule has 5 heterocycles. The molecule has 38 heavy (non-hydrogen) atoms. The molecule has 2 N–H and O–H groups in total. The number of aliphatic hydroxyl groups is 1. The summed E-state index contributed by atoms with van der Waals surface area (Å²) < 4.78 is 16.2. The maximum Gasteiger partial charge on any atom is 0.240 e. The van der Waals surface area contributed by atoms with Gasteiger partial charge in [-0.15, -0.1) is 5.10 Å². The van der Waals surface area contributed by atoms with Gasteiger partial charge in [0, 0.05) is 31.6 Å². The summed E-state index contributed by atoms with van der Waals surface area (Å²) in [6.45, 7) is 8.33. The van der Waals surface area contributed by atoms with Crippen LogP contribution < -0.4 is 9.47 Å². The molecule has 1 fully saturated rings. The van der Waals surface area contributed by atoms with Gasteiger partial charge in [-0.2, -0.15) is 10.2 Å². The Balaban J connectivity index is 1.54. The molecule has 1 atom stereocenters. The Labute approximate surface area is 221 Å². The van der Waals surface area contributed by atoms with Gasteiger partial charge in [0.05, 0.1) is 65.4 Å². The van der Waals surface area contributed by atoms with Crippen molar-refractivity contribution in [3.8, 4) is 23.0 Å². The lowest BCUT2D eigenvalue weighted by atomic mass is 10.1. The molecule has 1 aliphatic heterocycles. The summed E-state index contributed by atoms with van der Waals surface area (Å²) >= 11 is 0. The zero-order valence-electron chi connectivity index (χ0n) is 22.3. The highest BCUT2D eigenvalue weighted by molar-refractivity contribution is 5.92. The summed E-state index contributed by atoms with van der Waals surface area (Å²) in [6.07, 6.45) is 8.04. The predicted octanol–water partition coefficient (Wildman–Crippen LogP) is 3.17. The summed E-state index contributed by atoms with van der Waals surface area (Å²) in [6, 6.07) is 2.52. The number of aliphatic hydroxyl groups excluding tert-OH is 1. The fourth-order valence-electron chi connectivity index (χ4n) is 5.31. The maximum absolute atomic E-state index is 9.79. The highest BCUT2D eigenvalue weighted by atomic mass is 16.5. The predicted molar refractivity (Wildman–Crippen MR) is 144 cm³/mol. The molecular formula is C27H34N8O3. The highest BCUT2D eigenvalue weighted by Gasteiger charge is 2.33. The first-order chi connectivity index (χ1) is 18.5. The normalized spacial score (nSPS) is 19.0. The van der Waals surface area contributed by atoms with Crippen LogP contribution >= 0.6 is 0 Å². The molecule has 2 aliphatic rings. The van der Waals surface area contributed by atoms with Crippen LogP contribution in [0.2, 0.25) is 0 Å². The van der Waals surface area contributed by atoms with Gasteiger partial charge in [0.2, 0.25) is 11.8 Å². The zero-order chi connectivity index (χ0) is 26.4. The minimum absolute atomic E-state index is 0.00522. The van der Waals surface area contributed by atoms with Gasteiger partial charge in [-0.3, -0.25) is 19.7 Å². The van der Waals surface area contributed by atoms with Crippen molar-refractivity contribution in [3.63, 3.8) is 0 Å². The van der Waals surface area contributed by atoms with Crippen molar-refractivity contribution in [2.45, 2.75) is 58.8 Å². The van der Waals surface area contributed by atoms with Gasteiger partial charge in [0.15, 0.2) is 0 Å². The van der Waals surface area contributed by atoms with E-state index >= 15 is 0 Å².